The predicted molar refractivity (Wildman–Crippen MR) is 71.4 cm³/mol. The van der Waals surface area contributed by atoms with Crippen molar-refractivity contribution in [3.63, 3.8) is 0 Å². The Balaban J connectivity index is 2.06. The Morgan fingerprint density at radius 3 is 2.40 bits per heavy atom. The summed E-state index contributed by atoms with van der Waals surface area (Å²) in [6.07, 6.45) is -0.626. The number of aryl methyl sites for hydroxylation is 1. The Hall–Kier alpha value is -1.98. The SMILES string of the molecule is CCn1cc(C(C)Nc2ccc(C(F)(F)F)cc2)cn1. The Morgan fingerprint density at radius 1 is 1.25 bits per heavy atom. The van der Waals surface area contributed by atoms with Gasteiger partial charge in [-0.15, -0.1) is 0 Å². The third-order valence-corrected chi connectivity index (χ3v) is 3.07. The minimum Gasteiger partial charge on any atom is -0.378 e. The highest BCUT2D eigenvalue weighted by Crippen LogP contribution is 2.30. The molecule has 1 atom stereocenters. The number of hydrogen-bond acceptors (Lipinski definition) is 2. The van der Waals surface area contributed by atoms with E-state index < -0.39 is 11.7 Å². The van der Waals surface area contributed by atoms with Crippen molar-refractivity contribution in [3.8, 4) is 0 Å². The standard InChI is InChI=1S/C14H16F3N3/c1-3-20-9-11(8-18-20)10(2)19-13-6-4-12(5-7-13)14(15,16)17/h4-10,19H,3H2,1-2H3. The molecule has 1 heterocycles. The van der Waals surface area contributed by atoms with Crippen molar-refractivity contribution in [1.82, 2.24) is 9.78 Å². The zero-order valence-corrected chi connectivity index (χ0v) is 11.3. The Kier molecular flexibility index (Phi) is 4.01. The second-order valence-electron chi connectivity index (χ2n) is 4.57. The molecule has 6 heteroatoms. The van der Waals surface area contributed by atoms with E-state index in [4.69, 9.17) is 0 Å². The van der Waals surface area contributed by atoms with Crippen molar-refractivity contribution in [2.45, 2.75) is 32.6 Å². The van der Waals surface area contributed by atoms with E-state index >= 15 is 0 Å². The monoisotopic (exact) mass is 283 g/mol. The Bertz CT molecular complexity index is 558. The average molecular weight is 283 g/mol. The summed E-state index contributed by atoms with van der Waals surface area (Å²) < 4.78 is 39.2. The van der Waals surface area contributed by atoms with Gasteiger partial charge in [0.25, 0.3) is 0 Å². The van der Waals surface area contributed by atoms with Gasteiger partial charge >= 0.3 is 6.18 Å². The maximum absolute atomic E-state index is 12.5. The summed E-state index contributed by atoms with van der Waals surface area (Å²) in [5, 5.41) is 7.33. The highest BCUT2D eigenvalue weighted by atomic mass is 19.4. The predicted octanol–water partition coefficient (Wildman–Crippen LogP) is 4.09. The fraction of sp³-hybridized carbons (Fsp3) is 0.357. The van der Waals surface area contributed by atoms with E-state index in [2.05, 4.69) is 10.4 Å². The van der Waals surface area contributed by atoms with E-state index in [9.17, 15) is 13.2 Å². The number of benzene rings is 1. The lowest BCUT2D eigenvalue weighted by molar-refractivity contribution is -0.137. The van der Waals surface area contributed by atoms with E-state index in [1.54, 1.807) is 10.9 Å². The van der Waals surface area contributed by atoms with E-state index in [1.807, 2.05) is 20.0 Å². The molecule has 20 heavy (non-hydrogen) atoms. The molecule has 0 aliphatic carbocycles. The molecule has 108 valence electrons. The van der Waals surface area contributed by atoms with Crippen LogP contribution in [0.3, 0.4) is 0 Å². The summed E-state index contributed by atoms with van der Waals surface area (Å²) in [7, 11) is 0. The number of hydrogen-bond donors (Lipinski definition) is 1. The molecule has 0 aliphatic heterocycles. The molecule has 0 fully saturated rings. The smallest absolute Gasteiger partial charge is 0.378 e. The maximum Gasteiger partial charge on any atom is 0.416 e. The first-order valence-corrected chi connectivity index (χ1v) is 6.36. The van der Waals surface area contributed by atoms with Crippen molar-refractivity contribution < 1.29 is 13.2 Å². The quantitative estimate of drug-likeness (QED) is 0.915. The van der Waals surface area contributed by atoms with Crippen LogP contribution < -0.4 is 5.32 Å². The van der Waals surface area contributed by atoms with Crippen molar-refractivity contribution in [1.29, 1.82) is 0 Å². The van der Waals surface area contributed by atoms with Crippen molar-refractivity contribution in [2.75, 3.05) is 5.32 Å². The van der Waals surface area contributed by atoms with Crippen molar-refractivity contribution in [3.05, 3.63) is 47.8 Å². The molecular weight excluding hydrogens is 267 g/mol. The molecule has 0 bridgehead atoms. The number of anilines is 1. The highest BCUT2D eigenvalue weighted by molar-refractivity contribution is 5.46. The number of alkyl halides is 3. The summed E-state index contributed by atoms with van der Waals surface area (Å²) in [5.74, 6) is 0. The molecule has 1 aromatic heterocycles. The zero-order chi connectivity index (χ0) is 14.8. The summed E-state index contributed by atoms with van der Waals surface area (Å²) in [5.41, 5.74) is 0.996. The summed E-state index contributed by atoms with van der Waals surface area (Å²) in [6.45, 7) is 4.71. The van der Waals surface area contributed by atoms with Gasteiger partial charge in [-0.3, -0.25) is 4.68 Å². The minimum atomic E-state index is -4.30. The normalized spacial score (nSPS) is 13.2. The fourth-order valence-electron chi connectivity index (χ4n) is 1.86. The topological polar surface area (TPSA) is 29.9 Å². The van der Waals surface area contributed by atoms with E-state index in [-0.39, 0.29) is 6.04 Å². The molecular formula is C14H16F3N3. The molecule has 1 aromatic carbocycles. The fourth-order valence-corrected chi connectivity index (χ4v) is 1.86. The first kappa shape index (κ1) is 14.4. The van der Waals surface area contributed by atoms with Crippen LogP contribution in [0.4, 0.5) is 18.9 Å². The molecule has 0 saturated carbocycles. The first-order chi connectivity index (χ1) is 9.40. The van der Waals surface area contributed by atoms with Crippen molar-refractivity contribution >= 4 is 5.69 Å². The first-order valence-electron chi connectivity index (χ1n) is 6.36. The molecule has 2 aromatic rings. The minimum absolute atomic E-state index is 0.0213. The molecule has 0 aliphatic rings. The number of aromatic nitrogens is 2. The molecule has 2 rings (SSSR count). The Labute approximate surface area is 115 Å². The highest BCUT2D eigenvalue weighted by Gasteiger charge is 2.29. The van der Waals surface area contributed by atoms with Gasteiger partial charge in [-0.05, 0) is 38.1 Å². The maximum atomic E-state index is 12.5. The van der Waals surface area contributed by atoms with Crippen LogP contribution in [0.2, 0.25) is 0 Å². The second-order valence-corrected chi connectivity index (χ2v) is 4.57. The lowest BCUT2D eigenvalue weighted by atomic mass is 10.1. The third-order valence-electron chi connectivity index (χ3n) is 3.07. The molecule has 0 spiro atoms. The van der Waals surface area contributed by atoms with Gasteiger partial charge in [0.15, 0.2) is 0 Å². The molecule has 0 amide bonds. The van der Waals surface area contributed by atoms with Crippen LogP contribution in [0.1, 0.15) is 31.0 Å². The lowest BCUT2D eigenvalue weighted by Crippen LogP contribution is -2.07. The second kappa shape index (κ2) is 5.56. The van der Waals surface area contributed by atoms with Gasteiger partial charge in [0.05, 0.1) is 17.8 Å². The molecule has 1 unspecified atom stereocenters. The van der Waals surface area contributed by atoms with Crippen molar-refractivity contribution in [2.24, 2.45) is 0 Å². The van der Waals surface area contributed by atoms with Gasteiger partial charge in [-0.1, -0.05) is 0 Å². The van der Waals surface area contributed by atoms with Gasteiger partial charge in [0.1, 0.15) is 0 Å². The molecule has 3 nitrogen and oxygen atoms in total. The van der Waals surface area contributed by atoms with Gasteiger partial charge in [0, 0.05) is 24.0 Å². The molecule has 1 N–H and O–H groups in total. The zero-order valence-electron chi connectivity index (χ0n) is 11.3. The summed E-state index contributed by atoms with van der Waals surface area (Å²) in [4.78, 5) is 0. The number of halogens is 3. The number of nitrogens with one attached hydrogen (secondary N) is 1. The van der Waals surface area contributed by atoms with Gasteiger partial charge in [0.2, 0.25) is 0 Å². The summed E-state index contributed by atoms with van der Waals surface area (Å²) >= 11 is 0. The van der Waals surface area contributed by atoms with Gasteiger partial charge < -0.3 is 5.32 Å². The van der Waals surface area contributed by atoms with Crippen LogP contribution in [-0.4, -0.2) is 9.78 Å². The van der Waals surface area contributed by atoms with E-state index in [0.717, 1.165) is 24.2 Å². The number of rotatable bonds is 4. The van der Waals surface area contributed by atoms with Crippen LogP contribution in [0.15, 0.2) is 36.7 Å². The average Bonchev–Trinajstić information content (AvgIpc) is 2.87. The van der Waals surface area contributed by atoms with Crippen LogP contribution >= 0.6 is 0 Å². The molecule has 0 radical (unpaired) electrons. The van der Waals surface area contributed by atoms with E-state index in [1.165, 1.54) is 12.1 Å². The van der Waals surface area contributed by atoms with Crippen LogP contribution in [0.25, 0.3) is 0 Å². The van der Waals surface area contributed by atoms with E-state index in [0.29, 0.717) is 5.69 Å². The Morgan fingerprint density at radius 2 is 1.90 bits per heavy atom. The largest absolute Gasteiger partial charge is 0.416 e. The van der Waals surface area contributed by atoms with Gasteiger partial charge in [-0.25, -0.2) is 0 Å². The summed E-state index contributed by atoms with van der Waals surface area (Å²) in [6, 6.07) is 4.99. The van der Waals surface area contributed by atoms with Gasteiger partial charge in [-0.2, -0.15) is 18.3 Å². The molecule has 0 saturated heterocycles. The third kappa shape index (κ3) is 3.31. The van der Waals surface area contributed by atoms with Crippen LogP contribution in [0, 0.1) is 0 Å². The van der Waals surface area contributed by atoms with Crippen LogP contribution in [0.5, 0.6) is 0 Å². The number of nitrogens with zero attached hydrogens (tertiary/aromatic N) is 2. The van der Waals surface area contributed by atoms with Crippen LogP contribution in [-0.2, 0) is 12.7 Å². The lowest BCUT2D eigenvalue weighted by Gasteiger charge is -2.14.